The van der Waals surface area contributed by atoms with Crippen molar-refractivity contribution < 1.29 is 17.9 Å². The number of benzene rings is 1. The molecule has 0 atom stereocenters. The third-order valence-electron chi connectivity index (χ3n) is 3.42. The van der Waals surface area contributed by atoms with Crippen LogP contribution in [0.25, 0.3) is 5.69 Å². The molecule has 0 saturated carbocycles. The van der Waals surface area contributed by atoms with Crippen LogP contribution in [0.5, 0.6) is 11.5 Å². The van der Waals surface area contributed by atoms with Gasteiger partial charge in [-0.3, -0.25) is 0 Å². The van der Waals surface area contributed by atoms with E-state index < -0.39 is 10.0 Å². The quantitative estimate of drug-likeness (QED) is 0.672. The van der Waals surface area contributed by atoms with Crippen molar-refractivity contribution in [3.8, 4) is 17.2 Å². The first-order valence-electron chi connectivity index (χ1n) is 7.19. The Balaban J connectivity index is 1.74. The molecule has 25 heavy (non-hydrogen) atoms. The molecule has 0 spiro atoms. The number of nitrogens with zero attached hydrogens (tertiary/aromatic N) is 3. The van der Waals surface area contributed by atoms with E-state index in [1.807, 2.05) is 16.8 Å². The second kappa shape index (κ2) is 7.21. The molecular formula is C15H16N4O4S2. The predicted molar refractivity (Wildman–Crippen MR) is 92.8 cm³/mol. The van der Waals surface area contributed by atoms with E-state index in [0.29, 0.717) is 17.2 Å². The van der Waals surface area contributed by atoms with E-state index in [2.05, 4.69) is 15.0 Å². The molecule has 0 amide bonds. The van der Waals surface area contributed by atoms with Crippen molar-refractivity contribution in [2.45, 2.75) is 11.4 Å². The second-order valence-corrected chi connectivity index (χ2v) is 7.52. The van der Waals surface area contributed by atoms with E-state index in [0.717, 1.165) is 5.69 Å². The molecule has 0 radical (unpaired) electrons. The van der Waals surface area contributed by atoms with Gasteiger partial charge < -0.3 is 9.47 Å². The maximum Gasteiger partial charge on any atom is 0.241 e. The molecule has 132 valence electrons. The van der Waals surface area contributed by atoms with Crippen LogP contribution in [0.4, 0.5) is 0 Å². The largest absolute Gasteiger partial charge is 0.493 e. The van der Waals surface area contributed by atoms with E-state index in [9.17, 15) is 8.42 Å². The molecular weight excluding hydrogens is 364 g/mol. The van der Waals surface area contributed by atoms with Gasteiger partial charge in [-0.1, -0.05) is 5.21 Å². The summed E-state index contributed by atoms with van der Waals surface area (Å²) < 4.78 is 39.2. The summed E-state index contributed by atoms with van der Waals surface area (Å²) in [6.07, 6.45) is 1.68. The molecule has 2 aromatic heterocycles. The summed E-state index contributed by atoms with van der Waals surface area (Å²) in [5.74, 6) is 0.800. The normalized spacial score (nSPS) is 11.4. The highest BCUT2D eigenvalue weighted by molar-refractivity contribution is 7.89. The highest BCUT2D eigenvalue weighted by Gasteiger charge is 2.17. The molecule has 0 unspecified atom stereocenters. The molecule has 0 bridgehead atoms. The maximum atomic E-state index is 12.4. The first kappa shape index (κ1) is 17.4. The highest BCUT2D eigenvalue weighted by atomic mass is 32.2. The minimum absolute atomic E-state index is 0.0286. The molecule has 1 aromatic carbocycles. The van der Waals surface area contributed by atoms with Crippen molar-refractivity contribution in [1.82, 2.24) is 19.7 Å². The zero-order chi connectivity index (χ0) is 17.9. The third-order valence-corrected chi connectivity index (χ3v) is 5.49. The van der Waals surface area contributed by atoms with Crippen molar-refractivity contribution in [1.29, 1.82) is 0 Å². The Labute approximate surface area is 149 Å². The summed E-state index contributed by atoms with van der Waals surface area (Å²) >= 11 is 1.54. The first-order chi connectivity index (χ1) is 12.0. The van der Waals surface area contributed by atoms with Crippen molar-refractivity contribution in [2.24, 2.45) is 0 Å². The van der Waals surface area contributed by atoms with Crippen LogP contribution < -0.4 is 14.2 Å². The lowest BCUT2D eigenvalue weighted by Crippen LogP contribution is -2.23. The van der Waals surface area contributed by atoms with Gasteiger partial charge in [0.2, 0.25) is 10.0 Å². The standard InChI is InChI=1S/C15H16N4O4S2/c1-22-14-4-3-13(7-15(14)23-2)25(20,21)16-8-11-9-19(18-17-11)12-5-6-24-10-12/h3-7,9-10,16H,8H2,1-2H3. The van der Waals surface area contributed by atoms with Crippen LogP contribution in [0.1, 0.15) is 5.69 Å². The molecule has 0 fully saturated rings. The number of rotatable bonds is 7. The average molecular weight is 380 g/mol. The van der Waals surface area contributed by atoms with Crippen LogP contribution in [0, 0.1) is 0 Å². The molecule has 10 heteroatoms. The molecule has 0 aliphatic rings. The summed E-state index contributed by atoms with van der Waals surface area (Å²) in [5, 5.41) is 11.8. The van der Waals surface area contributed by atoms with E-state index in [1.54, 1.807) is 28.3 Å². The minimum Gasteiger partial charge on any atom is -0.493 e. The Hall–Kier alpha value is -2.43. The zero-order valence-electron chi connectivity index (χ0n) is 13.5. The van der Waals surface area contributed by atoms with E-state index in [-0.39, 0.29) is 11.4 Å². The Morgan fingerprint density at radius 2 is 2.00 bits per heavy atom. The fourth-order valence-electron chi connectivity index (χ4n) is 2.13. The molecule has 1 N–H and O–H groups in total. The Bertz CT molecular complexity index is 952. The smallest absolute Gasteiger partial charge is 0.241 e. The third kappa shape index (κ3) is 3.81. The average Bonchev–Trinajstić information content (AvgIpc) is 3.30. The molecule has 0 saturated heterocycles. The SMILES string of the molecule is COc1ccc(S(=O)(=O)NCc2cn(-c3ccsc3)nn2)cc1OC. The maximum absolute atomic E-state index is 12.4. The van der Waals surface area contributed by atoms with Gasteiger partial charge in [0.25, 0.3) is 0 Å². The van der Waals surface area contributed by atoms with Gasteiger partial charge in [-0.05, 0) is 23.6 Å². The van der Waals surface area contributed by atoms with Gasteiger partial charge in [0, 0.05) is 11.4 Å². The van der Waals surface area contributed by atoms with Gasteiger partial charge in [-0.15, -0.1) is 5.10 Å². The fourth-order valence-corrected chi connectivity index (χ4v) is 3.77. The number of sulfonamides is 1. The molecule has 8 nitrogen and oxygen atoms in total. The van der Waals surface area contributed by atoms with Gasteiger partial charge >= 0.3 is 0 Å². The zero-order valence-corrected chi connectivity index (χ0v) is 15.2. The monoisotopic (exact) mass is 380 g/mol. The number of aromatic nitrogens is 3. The van der Waals surface area contributed by atoms with Crippen molar-refractivity contribution in [3.05, 3.63) is 46.9 Å². The predicted octanol–water partition coefficient (Wildman–Crippen LogP) is 1.82. The summed E-state index contributed by atoms with van der Waals surface area (Å²) in [4.78, 5) is 0.0791. The topological polar surface area (TPSA) is 95.3 Å². The summed E-state index contributed by atoms with van der Waals surface area (Å²) in [6.45, 7) is 0.0286. The lowest BCUT2D eigenvalue weighted by molar-refractivity contribution is 0.354. The van der Waals surface area contributed by atoms with E-state index in [1.165, 1.54) is 26.4 Å². The van der Waals surface area contributed by atoms with Gasteiger partial charge in [0.15, 0.2) is 11.5 Å². The molecule has 0 aliphatic heterocycles. The van der Waals surface area contributed by atoms with Crippen LogP contribution in [0.3, 0.4) is 0 Å². The van der Waals surface area contributed by atoms with Gasteiger partial charge in [0.1, 0.15) is 0 Å². The van der Waals surface area contributed by atoms with Crippen molar-refractivity contribution >= 4 is 21.4 Å². The number of thiophene rings is 1. The van der Waals surface area contributed by atoms with Gasteiger partial charge in [0.05, 0.1) is 43.2 Å². The van der Waals surface area contributed by atoms with Gasteiger partial charge in [-0.25, -0.2) is 17.8 Å². The lowest BCUT2D eigenvalue weighted by Gasteiger charge is -2.10. The number of hydrogen-bond acceptors (Lipinski definition) is 7. The second-order valence-electron chi connectivity index (χ2n) is 4.98. The first-order valence-corrected chi connectivity index (χ1v) is 9.61. The van der Waals surface area contributed by atoms with Gasteiger partial charge in [-0.2, -0.15) is 11.3 Å². The Kier molecular flexibility index (Phi) is 5.02. The summed E-state index contributed by atoms with van der Waals surface area (Å²) in [6, 6.07) is 6.30. The highest BCUT2D eigenvalue weighted by Crippen LogP contribution is 2.29. The van der Waals surface area contributed by atoms with Crippen molar-refractivity contribution in [3.63, 3.8) is 0 Å². The van der Waals surface area contributed by atoms with Crippen LogP contribution in [-0.2, 0) is 16.6 Å². The fraction of sp³-hybridized carbons (Fsp3) is 0.200. The minimum atomic E-state index is -3.72. The van der Waals surface area contributed by atoms with Crippen LogP contribution in [0.2, 0.25) is 0 Å². The van der Waals surface area contributed by atoms with Crippen molar-refractivity contribution in [2.75, 3.05) is 14.2 Å². The number of nitrogens with one attached hydrogen (secondary N) is 1. The number of methoxy groups -OCH3 is 2. The Morgan fingerprint density at radius 1 is 1.20 bits per heavy atom. The summed E-state index contributed by atoms with van der Waals surface area (Å²) in [7, 11) is -0.785. The van der Waals surface area contributed by atoms with E-state index >= 15 is 0 Å². The molecule has 2 heterocycles. The van der Waals surface area contributed by atoms with Crippen LogP contribution in [0.15, 0.2) is 46.1 Å². The molecule has 3 rings (SSSR count). The van der Waals surface area contributed by atoms with E-state index in [4.69, 9.17) is 9.47 Å². The molecule has 0 aliphatic carbocycles. The molecule has 3 aromatic rings. The lowest BCUT2D eigenvalue weighted by atomic mass is 10.3. The number of ether oxygens (including phenoxy) is 2. The van der Waals surface area contributed by atoms with Crippen LogP contribution >= 0.6 is 11.3 Å². The summed E-state index contributed by atoms with van der Waals surface area (Å²) in [5.41, 5.74) is 1.39. The Morgan fingerprint density at radius 3 is 2.68 bits per heavy atom. The van der Waals surface area contributed by atoms with Crippen LogP contribution in [-0.4, -0.2) is 37.6 Å². The number of hydrogen-bond donors (Lipinski definition) is 1.